The number of rotatable bonds is 7. The fourth-order valence-corrected chi connectivity index (χ4v) is 2.43. The summed E-state index contributed by atoms with van der Waals surface area (Å²) in [6.45, 7) is 4.63. The number of benzene rings is 1. The Morgan fingerprint density at radius 2 is 2.04 bits per heavy atom. The molecular weight excluding hydrogens is 324 g/mol. The molecule has 132 valence electrons. The second-order valence-electron chi connectivity index (χ2n) is 5.58. The van der Waals surface area contributed by atoms with Crippen molar-refractivity contribution < 1.29 is 14.5 Å². The summed E-state index contributed by atoms with van der Waals surface area (Å²) in [6, 6.07) is 7.54. The maximum Gasteiger partial charge on any atom is 0.269 e. The lowest BCUT2D eigenvalue weighted by Gasteiger charge is -2.26. The minimum absolute atomic E-state index is 0.0276. The largest absolute Gasteiger partial charge is 0.379 e. The van der Waals surface area contributed by atoms with Crippen molar-refractivity contribution in [2.45, 2.75) is 6.42 Å². The summed E-state index contributed by atoms with van der Waals surface area (Å²) >= 11 is 0. The fraction of sp³-hybridized carbons (Fsp3) is 0.412. The molecule has 1 aliphatic rings. The van der Waals surface area contributed by atoms with E-state index in [1.165, 1.54) is 30.3 Å². The highest BCUT2D eigenvalue weighted by atomic mass is 16.6. The summed E-state index contributed by atoms with van der Waals surface area (Å²) in [7, 11) is 0. The van der Waals surface area contributed by atoms with Crippen molar-refractivity contribution in [2.75, 3.05) is 39.4 Å². The topological polar surface area (TPSA) is 108 Å². The van der Waals surface area contributed by atoms with Crippen molar-refractivity contribution >= 4 is 17.7 Å². The minimum Gasteiger partial charge on any atom is -0.379 e. The van der Waals surface area contributed by atoms with Gasteiger partial charge in [-0.2, -0.15) is 5.26 Å². The van der Waals surface area contributed by atoms with Crippen LogP contribution in [0.25, 0.3) is 6.08 Å². The first-order valence-electron chi connectivity index (χ1n) is 8.04. The van der Waals surface area contributed by atoms with Crippen LogP contribution in [0.2, 0.25) is 0 Å². The third-order valence-electron chi connectivity index (χ3n) is 3.82. The van der Waals surface area contributed by atoms with Gasteiger partial charge in [-0.1, -0.05) is 0 Å². The van der Waals surface area contributed by atoms with E-state index in [0.717, 1.165) is 39.3 Å². The first-order valence-corrected chi connectivity index (χ1v) is 8.04. The Morgan fingerprint density at radius 1 is 1.36 bits per heavy atom. The molecule has 1 aliphatic heterocycles. The zero-order valence-electron chi connectivity index (χ0n) is 13.8. The van der Waals surface area contributed by atoms with Crippen molar-refractivity contribution in [2.24, 2.45) is 0 Å². The molecule has 1 N–H and O–H groups in total. The molecule has 25 heavy (non-hydrogen) atoms. The molecule has 0 unspecified atom stereocenters. The van der Waals surface area contributed by atoms with Crippen LogP contribution in [0.5, 0.6) is 0 Å². The van der Waals surface area contributed by atoms with Crippen molar-refractivity contribution in [3.63, 3.8) is 0 Å². The smallest absolute Gasteiger partial charge is 0.269 e. The maximum absolute atomic E-state index is 12.1. The molecule has 0 aromatic heterocycles. The first-order chi connectivity index (χ1) is 12.1. The Bertz CT molecular complexity index is 673. The third kappa shape index (κ3) is 5.99. The minimum atomic E-state index is -0.500. The van der Waals surface area contributed by atoms with Gasteiger partial charge in [-0.15, -0.1) is 0 Å². The number of nitro benzene ring substituents is 1. The Labute approximate surface area is 145 Å². The number of nitro groups is 1. The van der Waals surface area contributed by atoms with Crippen LogP contribution in [0.1, 0.15) is 12.0 Å². The van der Waals surface area contributed by atoms with E-state index < -0.39 is 10.8 Å². The van der Waals surface area contributed by atoms with Crippen LogP contribution in [0, 0.1) is 21.4 Å². The van der Waals surface area contributed by atoms with E-state index in [9.17, 15) is 14.9 Å². The molecule has 0 atom stereocenters. The molecule has 0 bridgehead atoms. The van der Waals surface area contributed by atoms with Gasteiger partial charge in [-0.25, -0.2) is 0 Å². The SMILES string of the molecule is N#CC(=Cc1ccc([N+](=O)[O-])cc1)C(=O)NCCCN1CCOCC1. The lowest BCUT2D eigenvalue weighted by Crippen LogP contribution is -2.38. The second-order valence-corrected chi connectivity index (χ2v) is 5.58. The lowest BCUT2D eigenvalue weighted by atomic mass is 10.1. The van der Waals surface area contributed by atoms with Gasteiger partial charge in [0.2, 0.25) is 0 Å². The van der Waals surface area contributed by atoms with Gasteiger partial charge < -0.3 is 10.1 Å². The Morgan fingerprint density at radius 3 is 2.64 bits per heavy atom. The zero-order chi connectivity index (χ0) is 18.1. The molecule has 2 rings (SSSR count). The molecular formula is C17H20N4O4. The second kappa shape index (κ2) is 9.52. The molecule has 1 fully saturated rings. The number of hydrogen-bond acceptors (Lipinski definition) is 6. The number of nitriles is 1. The van der Waals surface area contributed by atoms with Crippen LogP contribution >= 0.6 is 0 Å². The van der Waals surface area contributed by atoms with E-state index >= 15 is 0 Å². The van der Waals surface area contributed by atoms with Gasteiger partial charge in [-0.3, -0.25) is 19.8 Å². The molecule has 8 heteroatoms. The molecule has 1 amide bonds. The highest BCUT2D eigenvalue weighted by Gasteiger charge is 2.11. The van der Waals surface area contributed by atoms with Gasteiger partial charge in [0.1, 0.15) is 11.6 Å². The Balaban J connectivity index is 1.83. The molecule has 1 saturated heterocycles. The molecule has 1 heterocycles. The number of amides is 1. The molecule has 8 nitrogen and oxygen atoms in total. The molecule has 1 aromatic carbocycles. The van der Waals surface area contributed by atoms with Crippen molar-refractivity contribution in [1.82, 2.24) is 10.2 Å². The summed E-state index contributed by atoms with van der Waals surface area (Å²) in [5.74, 6) is -0.442. The molecule has 0 radical (unpaired) electrons. The van der Waals surface area contributed by atoms with Crippen LogP contribution in [0.3, 0.4) is 0 Å². The van der Waals surface area contributed by atoms with E-state index in [-0.39, 0.29) is 11.3 Å². The van der Waals surface area contributed by atoms with Gasteiger partial charge in [0.25, 0.3) is 11.6 Å². The summed E-state index contributed by atoms with van der Waals surface area (Å²) in [5, 5.41) is 22.5. The highest BCUT2D eigenvalue weighted by molar-refractivity contribution is 6.01. The van der Waals surface area contributed by atoms with Crippen LogP contribution in [0.15, 0.2) is 29.8 Å². The summed E-state index contributed by atoms with van der Waals surface area (Å²) < 4.78 is 5.28. The summed E-state index contributed by atoms with van der Waals surface area (Å²) in [5.41, 5.74) is 0.495. The average Bonchev–Trinajstić information content (AvgIpc) is 2.64. The van der Waals surface area contributed by atoms with E-state index in [4.69, 9.17) is 10.00 Å². The lowest BCUT2D eigenvalue weighted by molar-refractivity contribution is -0.384. The quantitative estimate of drug-likeness (QED) is 0.263. The van der Waals surface area contributed by atoms with Gasteiger partial charge in [0.15, 0.2) is 0 Å². The van der Waals surface area contributed by atoms with Crippen molar-refractivity contribution in [1.29, 1.82) is 5.26 Å². The third-order valence-corrected chi connectivity index (χ3v) is 3.82. The average molecular weight is 344 g/mol. The highest BCUT2D eigenvalue weighted by Crippen LogP contribution is 2.14. The standard InChI is InChI=1S/C17H20N4O4/c18-13-15(12-14-2-4-16(5-3-14)21(23)24)17(22)19-6-1-7-20-8-10-25-11-9-20/h2-5,12H,1,6-11H2,(H,19,22). The number of carbonyl (C=O) groups is 1. The Hall–Kier alpha value is -2.76. The summed E-state index contributed by atoms with van der Waals surface area (Å²) in [4.78, 5) is 24.5. The number of non-ortho nitro benzene ring substituents is 1. The van der Waals surface area contributed by atoms with E-state index in [0.29, 0.717) is 12.1 Å². The number of nitrogens with one attached hydrogen (secondary N) is 1. The zero-order valence-corrected chi connectivity index (χ0v) is 13.8. The first kappa shape index (κ1) is 18.6. The van der Waals surface area contributed by atoms with Crippen LogP contribution in [0.4, 0.5) is 5.69 Å². The predicted molar refractivity (Wildman–Crippen MR) is 91.6 cm³/mol. The normalized spacial score (nSPS) is 15.4. The Kier molecular flexibility index (Phi) is 7.07. The number of hydrogen-bond donors (Lipinski definition) is 1. The molecule has 0 saturated carbocycles. The van der Waals surface area contributed by atoms with Gasteiger partial charge >= 0.3 is 0 Å². The van der Waals surface area contributed by atoms with Gasteiger partial charge in [0, 0.05) is 31.8 Å². The number of morpholine rings is 1. The molecule has 0 spiro atoms. The van der Waals surface area contributed by atoms with E-state index in [2.05, 4.69) is 10.2 Å². The van der Waals surface area contributed by atoms with E-state index in [1.54, 1.807) is 0 Å². The van der Waals surface area contributed by atoms with Crippen molar-refractivity contribution in [3.8, 4) is 6.07 Å². The van der Waals surface area contributed by atoms with Gasteiger partial charge in [-0.05, 0) is 36.7 Å². The number of nitrogens with zero attached hydrogens (tertiary/aromatic N) is 3. The molecule has 0 aliphatic carbocycles. The predicted octanol–water partition coefficient (Wildman–Crippen LogP) is 1.34. The van der Waals surface area contributed by atoms with Crippen LogP contribution < -0.4 is 5.32 Å². The molecule has 1 aromatic rings. The van der Waals surface area contributed by atoms with Gasteiger partial charge in [0.05, 0.1) is 18.1 Å². The monoisotopic (exact) mass is 344 g/mol. The number of ether oxygens (including phenoxy) is 1. The fourth-order valence-electron chi connectivity index (χ4n) is 2.43. The summed E-state index contributed by atoms with van der Waals surface area (Å²) in [6.07, 6.45) is 2.21. The van der Waals surface area contributed by atoms with E-state index in [1.807, 2.05) is 6.07 Å². The maximum atomic E-state index is 12.1. The number of carbonyl (C=O) groups excluding carboxylic acids is 1. The van der Waals surface area contributed by atoms with Crippen LogP contribution in [-0.4, -0.2) is 55.1 Å². The van der Waals surface area contributed by atoms with Crippen LogP contribution in [-0.2, 0) is 9.53 Å². The van der Waals surface area contributed by atoms with Crippen molar-refractivity contribution in [3.05, 3.63) is 45.5 Å².